The molecule has 2 aromatic rings. The number of aromatic nitrogens is 1. The number of carbonyl (C=O) groups is 1. The van der Waals surface area contributed by atoms with Crippen LogP contribution >= 0.6 is 11.6 Å². The molecule has 2 saturated heterocycles. The van der Waals surface area contributed by atoms with E-state index in [1.165, 1.54) is 6.20 Å². The smallest absolute Gasteiger partial charge is 0.341 e. The summed E-state index contributed by atoms with van der Waals surface area (Å²) >= 11 is 6.69. The van der Waals surface area contributed by atoms with Crippen LogP contribution in [0.3, 0.4) is 0 Å². The van der Waals surface area contributed by atoms with Gasteiger partial charge in [-0.1, -0.05) is 11.6 Å². The first-order valence-electron chi connectivity index (χ1n) is 9.75. The fraction of sp³-hybridized carbons (Fsp3) is 0.500. The zero-order valence-corrected chi connectivity index (χ0v) is 16.4. The van der Waals surface area contributed by atoms with Crippen LogP contribution in [-0.4, -0.2) is 47.5 Å². The molecule has 29 heavy (non-hydrogen) atoms. The van der Waals surface area contributed by atoms with Gasteiger partial charge in [-0.2, -0.15) is 0 Å². The van der Waals surface area contributed by atoms with E-state index in [1.54, 1.807) is 4.57 Å². The topological polar surface area (TPSA) is 97.8 Å². The SMILES string of the molecule is NCC12CN(c3c(F)cc4c(=O)c(C(=O)O)cn(C5CC5)c4c3Cl)CC1CCO2. The van der Waals surface area contributed by atoms with Gasteiger partial charge in [0.15, 0.2) is 0 Å². The highest BCUT2D eigenvalue weighted by Gasteiger charge is 2.51. The van der Waals surface area contributed by atoms with Crippen LogP contribution in [0.25, 0.3) is 10.9 Å². The first kappa shape index (κ1) is 18.8. The van der Waals surface area contributed by atoms with Gasteiger partial charge in [0, 0.05) is 44.4 Å². The normalized spacial score (nSPS) is 26.3. The van der Waals surface area contributed by atoms with Gasteiger partial charge in [0.2, 0.25) is 5.43 Å². The Kier molecular flexibility index (Phi) is 4.17. The van der Waals surface area contributed by atoms with Crippen molar-refractivity contribution < 1.29 is 19.0 Å². The lowest BCUT2D eigenvalue weighted by molar-refractivity contribution is 0.0126. The van der Waals surface area contributed by atoms with Gasteiger partial charge in [-0.15, -0.1) is 0 Å². The zero-order valence-electron chi connectivity index (χ0n) is 15.7. The lowest BCUT2D eigenvalue weighted by Crippen LogP contribution is -2.44. The Labute approximate surface area is 170 Å². The first-order chi connectivity index (χ1) is 13.9. The molecule has 3 fully saturated rings. The highest BCUT2D eigenvalue weighted by Crippen LogP contribution is 2.46. The number of hydrogen-bond donors (Lipinski definition) is 2. The zero-order chi connectivity index (χ0) is 20.5. The third-order valence-electron chi connectivity index (χ3n) is 6.52. The molecular formula is C20H21ClFN3O4. The summed E-state index contributed by atoms with van der Waals surface area (Å²) in [6.45, 7) is 1.98. The molecule has 1 aromatic carbocycles. The minimum absolute atomic E-state index is 0.00720. The van der Waals surface area contributed by atoms with Crippen LogP contribution in [-0.2, 0) is 4.74 Å². The maximum absolute atomic E-state index is 15.2. The van der Waals surface area contributed by atoms with Crippen molar-refractivity contribution in [1.29, 1.82) is 0 Å². The van der Waals surface area contributed by atoms with E-state index in [1.807, 2.05) is 4.90 Å². The molecule has 1 saturated carbocycles. The van der Waals surface area contributed by atoms with Crippen molar-refractivity contribution in [1.82, 2.24) is 4.57 Å². The maximum atomic E-state index is 15.2. The molecule has 0 bridgehead atoms. The predicted molar refractivity (Wildman–Crippen MR) is 106 cm³/mol. The Bertz CT molecular complexity index is 1100. The average molecular weight is 422 g/mol. The number of nitrogens with zero attached hydrogens (tertiary/aromatic N) is 2. The fourth-order valence-corrected chi connectivity index (χ4v) is 5.26. The molecule has 0 radical (unpaired) electrons. The van der Waals surface area contributed by atoms with Gasteiger partial charge < -0.3 is 25.0 Å². The Hall–Kier alpha value is -2.16. The van der Waals surface area contributed by atoms with Crippen LogP contribution in [0.5, 0.6) is 0 Å². The molecule has 9 heteroatoms. The van der Waals surface area contributed by atoms with E-state index in [9.17, 15) is 14.7 Å². The lowest BCUT2D eigenvalue weighted by Gasteiger charge is -2.28. The summed E-state index contributed by atoms with van der Waals surface area (Å²) in [6, 6.07) is 1.18. The van der Waals surface area contributed by atoms with Crippen molar-refractivity contribution in [2.75, 3.05) is 31.1 Å². The number of benzene rings is 1. The van der Waals surface area contributed by atoms with Gasteiger partial charge in [0.1, 0.15) is 17.0 Å². The second-order valence-corrected chi connectivity index (χ2v) is 8.59. The number of fused-ring (bicyclic) bond motifs is 2. The van der Waals surface area contributed by atoms with Crippen molar-refractivity contribution in [2.24, 2.45) is 11.7 Å². The molecule has 5 rings (SSSR count). The molecule has 1 aromatic heterocycles. The summed E-state index contributed by atoms with van der Waals surface area (Å²) in [6.07, 6.45) is 3.91. The Morgan fingerprint density at radius 1 is 1.41 bits per heavy atom. The number of pyridine rings is 1. The second kappa shape index (κ2) is 6.42. The van der Waals surface area contributed by atoms with Gasteiger partial charge in [-0.3, -0.25) is 4.79 Å². The standard InChI is InChI=1S/C20H21ClFN3O4/c21-15-16-12(18(26)13(19(27)28)7-25(16)11-1-2-11)5-14(22)17(15)24-6-10-3-4-29-20(10,8-23)9-24/h5,7,10-11H,1-4,6,8-9,23H2,(H,27,28). The molecule has 2 aliphatic heterocycles. The summed E-state index contributed by atoms with van der Waals surface area (Å²) < 4.78 is 22.8. The van der Waals surface area contributed by atoms with E-state index in [0.717, 1.165) is 25.3 Å². The lowest BCUT2D eigenvalue weighted by atomic mass is 9.91. The molecule has 0 spiro atoms. The molecule has 3 N–H and O–H groups in total. The van der Waals surface area contributed by atoms with E-state index >= 15 is 4.39 Å². The van der Waals surface area contributed by atoms with Crippen molar-refractivity contribution in [3.8, 4) is 0 Å². The molecule has 3 heterocycles. The van der Waals surface area contributed by atoms with E-state index in [0.29, 0.717) is 31.8 Å². The molecule has 154 valence electrons. The van der Waals surface area contributed by atoms with Crippen LogP contribution < -0.4 is 16.1 Å². The third-order valence-corrected chi connectivity index (χ3v) is 6.87. The maximum Gasteiger partial charge on any atom is 0.341 e. The number of carboxylic acid groups (broad SMARTS) is 1. The van der Waals surface area contributed by atoms with Gasteiger partial charge in [-0.05, 0) is 25.3 Å². The fourth-order valence-electron chi connectivity index (χ4n) is 4.85. The third kappa shape index (κ3) is 2.69. The van der Waals surface area contributed by atoms with E-state index in [2.05, 4.69) is 0 Å². The summed E-state index contributed by atoms with van der Waals surface area (Å²) in [5.74, 6) is -1.78. The molecule has 0 amide bonds. The monoisotopic (exact) mass is 421 g/mol. The van der Waals surface area contributed by atoms with Crippen molar-refractivity contribution in [2.45, 2.75) is 30.9 Å². The number of halogens is 2. The summed E-state index contributed by atoms with van der Waals surface area (Å²) in [5.41, 5.74) is 4.98. The highest BCUT2D eigenvalue weighted by molar-refractivity contribution is 6.38. The Morgan fingerprint density at radius 3 is 2.79 bits per heavy atom. The van der Waals surface area contributed by atoms with Gasteiger partial charge >= 0.3 is 5.97 Å². The molecule has 7 nitrogen and oxygen atoms in total. The average Bonchev–Trinajstić information content (AvgIpc) is 3.34. The predicted octanol–water partition coefficient (Wildman–Crippen LogP) is 2.38. The van der Waals surface area contributed by atoms with Gasteiger partial charge in [0.25, 0.3) is 0 Å². The number of carboxylic acids is 1. The highest BCUT2D eigenvalue weighted by atomic mass is 35.5. The largest absolute Gasteiger partial charge is 0.477 e. The summed E-state index contributed by atoms with van der Waals surface area (Å²) in [5, 5.41) is 9.52. The van der Waals surface area contributed by atoms with E-state index < -0.39 is 22.8 Å². The van der Waals surface area contributed by atoms with Crippen LogP contribution in [0.15, 0.2) is 17.1 Å². The molecule has 3 aliphatic rings. The number of anilines is 1. The Morgan fingerprint density at radius 2 is 2.17 bits per heavy atom. The van der Waals surface area contributed by atoms with Crippen molar-refractivity contribution in [3.05, 3.63) is 38.9 Å². The number of hydrogen-bond acceptors (Lipinski definition) is 5. The van der Waals surface area contributed by atoms with Crippen LogP contribution in [0.2, 0.25) is 5.02 Å². The molecule has 2 atom stereocenters. The van der Waals surface area contributed by atoms with Gasteiger partial charge in [0.05, 0.1) is 21.6 Å². The van der Waals surface area contributed by atoms with Gasteiger partial charge in [-0.25, -0.2) is 9.18 Å². The minimum atomic E-state index is -1.33. The number of aromatic carboxylic acids is 1. The van der Waals surface area contributed by atoms with Crippen molar-refractivity contribution in [3.63, 3.8) is 0 Å². The number of rotatable bonds is 4. The molecule has 1 aliphatic carbocycles. The number of nitrogens with two attached hydrogens (primary N) is 1. The number of ether oxygens (including phenoxy) is 1. The minimum Gasteiger partial charge on any atom is -0.477 e. The Balaban J connectivity index is 1.71. The summed E-state index contributed by atoms with van der Waals surface area (Å²) in [7, 11) is 0. The van der Waals surface area contributed by atoms with Crippen LogP contribution in [0, 0.1) is 11.7 Å². The second-order valence-electron chi connectivity index (χ2n) is 8.22. The summed E-state index contributed by atoms with van der Waals surface area (Å²) in [4.78, 5) is 26.1. The van der Waals surface area contributed by atoms with Crippen LogP contribution in [0.1, 0.15) is 35.7 Å². The first-order valence-corrected chi connectivity index (χ1v) is 10.1. The van der Waals surface area contributed by atoms with Crippen LogP contribution in [0.4, 0.5) is 10.1 Å². The quantitative estimate of drug-likeness (QED) is 0.786. The molecular weight excluding hydrogens is 401 g/mol. The van der Waals surface area contributed by atoms with E-state index in [-0.39, 0.29) is 33.6 Å². The van der Waals surface area contributed by atoms with Crippen molar-refractivity contribution >= 4 is 34.2 Å². The van der Waals surface area contributed by atoms with E-state index in [4.69, 9.17) is 22.1 Å². The molecule has 2 unspecified atom stereocenters.